The predicted octanol–water partition coefficient (Wildman–Crippen LogP) is 6.13. The number of Topliss-reactive ketones (excluding diaryl/α,β-unsaturated/α-hetero) is 1. The topological polar surface area (TPSA) is 34.9 Å². The number of hydrogen-bond donors (Lipinski definition) is 0. The second-order valence-electron chi connectivity index (χ2n) is 6.26. The fourth-order valence-corrected chi connectivity index (χ4v) is 3.11. The summed E-state index contributed by atoms with van der Waals surface area (Å²) >= 11 is 5.97. The number of rotatable bonds is 5. The summed E-state index contributed by atoms with van der Waals surface area (Å²) in [5, 5.41) is 0.596. The second kappa shape index (κ2) is 8.07. The third-order valence-electron chi connectivity index (χ3n) is 4.39. The second-order valence-corrected chi connectivity index (χ2v) is 6.70. The molecule has 0 fully saturated rings. The van der Waals surface area contributed by atoms with E-state index in [4.69, 9.17) is 11.6 Å². The Bertz CT molecular complexity index is 1170. The first kappa shape index (κ1) is 18.0. The molecule has 0 N–H and O–H groups in total. The van der Waals surface area contributed by atoms with Gasteiger partial charge in [-0.15, -0.1) is 0 Å². The summed E-state index contributed by atoms with van der Waals surface area (Å²) in [6.07, 6.45) is 7.35. The number of hydrogen-bond acceptors (Lipinski definition) is 2. The van der Waals surface area contributed by atoms with Gasteiger partial charge in [-0.3, -0.25) is 9.36 Å². The molecule has 28 heavy (non-hydrogen) atoms. The third kappa shape index (κ3) is 3.80. The van der Waals surface area contributed by atoms with Gasteiger partial charge in [0.25, 0.3) is 0 Å². The Morgan fingerprint density at radius 2 is 1.61 bits per heavy atom. The van der Waals surface area contributed by atoms with Crippen LogP contribution in [0.25, 0.3) is 22.8 Å². The molecule has 0 saturated heterocycles. The number of carbonyl (C=O) groups is 1. The summed E-state index contributed by atoms with van der Waals surface area (Å²) in [5.74, 6) is -0.0995. The molecule has 136 valence electrons. The number of benzene rings is 3. The zero-order valence-electron chi connectivity index (χ0n) is 15.0. The Labute approximate surface area is 168 Å². The molecule has 0 aliphatic rings. The maximum absolute atomic E-state index is 13.2. The van der Waals surface area contributed by atoms with Gasteiger partial charge in [-0.25, -0.2) is 4.98 Å². The van der Waals surface area contributed by atoms with Crippen molar-refractivity contribution >= 4 is 40.2 Å². The molecule has 0 unspecified atom stereocenters. The van der Waals surface area contributed by atoms with Crippen molar-refractivity contribution in [3.63, 3.8) is 0 Å². The summed E-state index contributed by atoms with van der Waals surface area (Å²) in [4.78, 5) is 17.7. The van der Waals surface area contributed by atoms with Gasteiger partial charge in [0.1, 0.15) is 6.33 Å². The lowest BCUT2D eigenvalue weighted by molar-refractivity contribution is 0.105. The first-order valence-electron chi connectivity index (χ1n) is 8.88. The van der Waals surface area contributed by atoms with E-state index in [-0.39, 0.29) is 5.78 Å². The van der Waals surface area contributed by atoms with Gasteiger partial charge in [0.05, 0.1) is 16.7 Å². The number of imidazole rings is 1. The highest BCUT2D eigenvalue weighted by molar-refractivity contribution is 6.31. The molecule has 0 aliphatic carbocycles. The molecular weight excluding hydrogens is 368 g/mol. The van der Waals surface area contributed by atoms with Crippen molar-refractivity contribution in [3.05, 3.63) is 113 Å². The van der Waals surface area contributed by atoms with Crippen molar-refractivity contribution in [2.45, 2.75) is 0 Å². The number of halogens is 1. The van der Waals surface area contributed by atoms with Crippen molar-refractivity contribution in [1.82, 2.24) is 9.55 Å². The Morgan fingerprint density at radius 1 is 0.893 bits per heavy atom. The number of aromatic nitrogens is 2. The molecule has 4 heteroatoms. The molecule has 0 bridgehead atoms. The normalized spacial score (nSPS) is 12.0. The molecule has 0 saturated carbocycles. The van der Waals surface area contributed by atoms with Crippen LogP contribution < -0.4 is 0 Å². The van der Waals surface area contributed by atoms with Crippen molar-refractivity contribution in [1.29, 1.82) is 0 Å². The molecule has 4 aromatic rings. The molecule has 0 aliphatic heterocycles. The van der Waals surface area contributed by atoms with Gasteiger partial charge in [-0.2, -0.15) is 0 Å². The molecule has 1 heterocycles. The summed E-state index contributed by atoms with van der Waals surface area (Å²) in [5.41, 5.74) is 3.87. The highest BCUT2D eigenvalue weighted by Gasteiger charge is 2.16. The minimum Gasteiger partial charge on any atom is -0.295 e. The average Bonchev–Trinajstić information content (AvgIpc) is 3.16. The third-order valence-corrected chi connectivity index (χ3v) is 4.65. The molecular formula is C24H17ClN2O. The molecule has 0 amide bonds. The lowest BCUT2D eigenvalue weighted by atomic mass is 10.1. The fraction of sp³-hybridized carbons (Fsp3) is 0. The zero-order chi connectivity index (χ0) is 19.3. The maximum atomic E-state index is 13.2. The van der Waals surface area contributed by atoms with Crippen molar-refractivity contribution < 1.29 is 4.79 Å². The summed E-state index contributed by atoms with van der Waals surface area (Å²) in [6, 6.07) is 24.6. The quantitative estimate of drug-likeness (QED) is 0.236. The van der Waals surface area contributed by atoms with Gasteiger partial charge in [0.2, 0.25) is 5.78 Å². The number of allylic oxidation sites excluding steroid dienone is 3. The fourth-order valence-electron chi connectivity index (χ4n) is 2.98. The summed E-state index contributed by atoms with van der Waals surface area (Å²) in [6.45, 7) is 0. The Morgan fingerprint density at radius 3 is 2.39 bits per heavy atom. The molecule has 4 rings (SSSR count). The van der Waals surface area contributed by atoms with Crippen LogP contribution >= 0.6 is 11.6 Å². The summed E-state index contributed by atoms with van der Waals surface area (Å²) < 4.78 is 1.82. The van der Waals surface area contributed by atoms with Crippen LogP contribution in [0.1, 0.15) is 15.9 Å². The summed E-state index contributed by atoms with van der Waals surface area (Å²) in [7, 11) is 0. The zero-order valence-corrected chi connectivity index (χ0v) is 15.8. The van der Waals surface area contributed by atoms with Crippen LogP contribution in [-0.2, 0) is 0 Å². The molecule has 3 aromatic carbocycles. The van der Waals surface area contributed by atoms with Crippen molar-refractivity contribution in [2.75, 3.05) is 0 Å². The van der Waals surface area contributed by atoms with Gasteiger partial charge >= 0.3 is 0 Å². The SMILES string of the molecule is O=C(/C(=C/C=C/c1ccccc1)n1cnc2ccccc21)c1ccc(Cl)cc1. The van der Waals surface area contributed by atoms with Crippen LogP contribution in [-0.4, -0.2) is 15.3 Å². The Balaban J connectivity index is 1.78. The van der Waals surface area contributed by atoms with E-state index in [1.165, 1.54) is 0 Å². The van der Waals surface area contributed by atoms with Crippen molar-refractivity contribution in [2.24, 2.45) is 0 Å². The van der Waals surface area contributed by atoms with E-state index < -0.39 is 0 Å². The van der Waals surface area contributed by atoms with E-state index in [9.17, 15) is 4.79 Å². The first-order chi connectivity index (χ1) is 13.7. The van der Waals surface area contributed by atoms with Crippen LogP contribution in [0.3, 0.4) is 0 Å². The largest absolute Gasteiger partial charge is 0.295 e. The molecule has 0 radical (unpaired) electrons. The lowest BCUT2D eigenvalue weighted by Gasteiger charge is -2.09. The molecule has 3 nitrogen and oxygen atoms in total. The highest BCUT2D eigenvalue weighted by atomic mass is 35.5. The monoisotopic (exact) mass is 384 g/mol. The first-order valence-corrected chi connectivity index (χ1v) is 9.26. The Hall–Kier alpha value is -3.43. The van der Waals surface area contributed by atoms with Crippen LogP contribution in [0, 0.1) is 0 Å². The highest BCUT2D eigenvalue weighted by Crippen LogP contribution is 2.22. The maximum Gasteiger partial charge on any atom is 0.209 e. The number of nitrogens with zero attached hydrogens (tertiary/aromatic N) is 2. The van der Waals surface area contributed by atoms with Crippen LogP contribution in [0.5, 0.6) is 0 Å². The number of fused-ring (bicyclic) bond motifs is 1. The predicted molar refractivity (Wildman–Crippen MR) is 115 cm³/mol. The average molecular weight is 385 g/mol. The van der Waals surface area contributed by atoms with E-state index in [1.807, 2.05) is 77.4 Å². The molecule has 0 atom stereocenters. The van der Waals surface area contributed by atoms with Crippen LogP contribution in [0.4, 0.5) is 0 Å². The van der Waals surface area contributed by atoms with E-state index >= 15 is 0 Å². The van der Waals surface area contributed by atoms with E-state index in [0.29, 0.717) is 16.3 Å². The van der Waals surface area contributed by atoms with Crippen LogP contribution in [0.2, 0.25) is 5.02 Å². The number of para-hydroxylation sites is 2. The van der Waals surface area contributed by atoms with E-state index in [1.54, 1.807) is 30.6 Å². The van der Waals surface area contributed by atoms with Gasteiger partial charge in [-0.1, -0.05) is 66.2 Å². The molecule has 1 aromatic heterocycles. The molecule has 0 spiro atoms. The van der Waals surface area contributed by atoms with Gasteiger partial charge < -0.3 is 0 Å². The number of carbonyl (C=O) groups excluding carboxylic acids is 1. The Kier molecular flexibility index (Phi) is 5.18. The smallest absolute Gasteiger partial charge is 0.209 e. The van der Waals surface area contributed by atoms with E-state index in [0.717, 1.165) is 16.6 Å². The minimum atomic E-state index is -0.0995. The van der Waals surface area contributed by atoms with Crippen molar-refractivity contribution in [3.8, 4) is 0 Å². The van der Waals surface area contributed by atoms with E-state index in [2.05, 4.69) is 4.98 Å². The standard InChI is InChI=1S/C24H17ClN2O/c25-20-15-13-19(14-16-20)24(28)23(12-6-9-18-7-2-1-3-8-18)27-17-26-21-10-4-5-11-22(21)27/h1-17H/b9-6+,23-12-. The lowest BCUT2D eigenvalue weighted by Crippen LogP contribution is -2.08. The van der Waals surface area contributed by atoms with Gasteiger partial charge in [0, 0.05) is 10.6 Å². The van der Waals surface area contributed by atoms with Gasteiger partial charge in [0.15, 0.2) is 0 Å². The van der Waals surface area contributed by atoms with Crippen LogP contribution in [0.15, 0.2) is 97.3 Å². The number of ketones is 1. The minimum absolute atomic E-state index is 0.0995. The van der Waals surface area contributed by atoms with Gasteiger partial charge in [-0.05, 0) is 48.0 Å².